The first kappa shape index (κ1) is 24.6. The van der Waals surface area contributed by atoms with Gasteiger partial charge in [-0.1, -0.05) is 45.8 Å². The number of hydrogen-bond acceptors (Lipinski definition) is 6. The zero-order valence-electron chi connectivity index (χ0n) is 19.0. The molecule has 180 valence electrons. The molecule has 2 amide bonds. The van der Waals surface area contributed by atoms with E-state index in [0.717, 1.165) is 10.0 Å². The van der Waals surface area contributed by atoms with Gasteiger partial charge < -0.3 is 14.5 Å². The minimum atomic E-state index is -0.667. The second kappa shape index (κ2) is 11.3. The van der Waals surface area contributed by atoms with Gasteiger partial charge in [0.2, 0.25) is 5.76 Å². The van der Waals surface area contributed by atoms with Gasteiger partial charge in [-0.3, -0.25) is 9.59 Å². The maximum atomic E-state index is 12.8. The van der Waals surface area contributed by atoms with Crippen LogP contribution in [0.1, 0.15) is 42.4 Å². The Morgan fingerprint density at radius 2 is 1.72 bits per heavy atom. The molecule has 8 nitrogen and oxygen atoms in total. The van der Waals surface area contributed by atoms with Crippen LogP contribution >= 0.6 is 15.9 Å². The summed E-state index contributed by atoms with van der Waals surface area (Å²) in [5, 5.41) is 6.77. The van der Waals surface area contributed by atoms with Crippen molar-refractivity contribution >= 4 is 45.6 Å². The predicted molar refractivity (Wildman–Crippen MR) is 138 cm³/mol. The van der Waals surface area contributed by atoms with E-state index in [9.17, 15) is 14.4 Å². The summed E-state index contributed by atoms with van der Waals surface area (Å²) in [5.41, 5.74) is 4.95. The average Bonchev–Trinajstić information content (AvgIpc) is 3.41. The lowest BCUT2D eigenvalue weighted by Gasteiger charge is -2.10. The summed E-state index contributed by atoms with van der Waals surface area (Å²) in [4.78, 5) is 37.7. The first-order chi connectivity index (χ1) is 17.4. The molecule has 1 aromatic heterocycles. The Labute approximate surface area is 215 Å². The summed E-state index contributed by atoms with van der Waals surface area (Å²) in [6, 6.07) is 21.7. The highest BCUT2D eigenvalue weighted by atomic mass is 79.9. The summed E-state index contributed by atoms with van der Waals surface area (Å²) in [7, 11) is 0. The number of carbonyl (C=O) groups excluding carboxylic acids is 3. The molecule has 0 spiro atoms. The van der Waals surface area contributed by atoms with Crippen molar-refractivity contribution in [3.63, 3.8) is 0 Å². The molecule has 3 aromatic carbocycles. The number of hydrogen-bond donors (Lipinski definition) is 2. The summed E-state index contributed by atoms with van der Waals surface area (Å²) < 4.78 is 11.2. The Balaban J connectivity index is 1.47. The van der Waals surface area contributed by atoms with Crippen molar-refractivity contribution in [2.75, 3.05) is 5.32 Å². The Bertz CT molecular complexity index is 1430. The number of benzene rings is 3. The van der Waals surface area contributed by atoms with Crippen molar-refractivity contribution in [3.8, 4) is 5.75 Å². The lowest BCUT2D eigenvalue weighted by molar-refractivity contribution is 0.0700. The lowest BCUT2D eigenvalue weighted by atomic mass is 10.1. The zero-order chi connectivity index (χ0) is 25.5. The molecule has 0 fully saturated rings. The van der Waals surface area contributed by atoms with Crippen LogP contribution in [0.3, 0.4) is 0 Å². The molecule has 0 unspecified atom stereocenters. The van der Waals surface area contributed by atoms with Crippen molar-refractivity contribution < 1.29 is 23.5 Å². The molecule has 9 heteroatoms. The van der Waals surface area contributed by atoms with E-state index in [0.29, 0.717) is 16.8 Å². The second-order valence-electron chi connectivity index (χ2n) is 7.61. The number of nitrogens with one attached hydrogen (secondary N) is 2. The number of amides is 2. The highest BCUT2D eigenvalue weighted by Gasteiger charge is 2.15. The highest BCUT2D eigenvalue weighted by Crippen LogP contribution is 2.23. The third-order valence-electron chi connectivity index (χ3n) is 5.00. The van der Waals surface area contributed by atoms with Gasteiger partial charge in [0.15, 0.2) is 0 Å². The number of nitrogens with zero attached hydrogens (tertiary/aromatic N) is 1. The van der Waals surface area contributed by atoms with Crippen molar-refractivity contribution in [2.24, 2.45) is 5.10 Å². The van der Waals surface area contributed by atoms with Gasteiger partial charge in [-0.25, -0.2) is 10.2 Å². The summed E-state index contributed by atoms with van der Waals surface area (Å²) in [6.45, 7) is 1.93. The fourth-order valence-electron chi connectivity index (χ4n) is 3.17. The van der Waals surface area contributed by atoms with Crippen LogP contribution in [-0.4, -0.2) is 24.0 Å². The van der Waals surface area contributed by atoms with E-state index in [1.54, 1.807) is 60.7 Å². The molecule has 2 N–H and O–H groups in total. The maximum Gasteiger partial charge on any atom is 0.379 e. The SMILES string of the molecule is Cc1ccc(C(=O)Nc2ccccc2C(=O)N/N=C\c2cc(Br)ccc2OC(=O)c2ccco2)cc1. The number of aryl methyl sites for hydroxylation is 1. The van der Waals surface area contributed by atoms with Crippen molar-refractivity contribution in [3.05, 3.63) is 118 Å². The molecule has 0 aliphatic heterocycles. The van der Waals surface area contributed by atoms with Gasteiger partial charge in [-0.2, -0.15) is 5.10 Å². The van der Waals surface area contributed by atoms with Gasteiger partial charge in [0.25, 0.3) is 11.8 Å². The molecule has 0 radical (unpaired) electrons. The molecular formula is C27H20BrN3O5. The molecule has 0 saturated heterocycles. The molecule has 1 heterocycles. The standard InChI is InChI=1S/C27H20BrN3O5/c1-17-8-10-18(11-9-17)25(32)30-22-6-3-2-5-21(22)26(33)31-29-16-19-15-20(28)12-13-23(19)36-27(34)24-7-4-14-35-24/h2-16H,1H3,(H,30,32)(H,31,33)/b29-16-. The highest BCUT2D eigenvalue weighted by molar-refractivity contribution is 9.10. The smallest absolute Gasteiger partial charge is 0.379 e. The molecule has 4 aromatic rings. The lowest BCUT2D eigenvalue weighted by Crippen LogP contribution is -2.21. The van der Waals surface area contributed by atoms with E-state index in [1.165, 1.54) is 18.5 Å². The van der Waals surface area contributed by atoms with E-state index in [1.807, 2.05) is 19.1 Å². The number of anilines is 1. The minimum Gasteiger partial charge on any atom is -0.457 e. The van der Waals surface area contributed by atoms with Crippen molar-refractivity contribution in [1.82, 2.24) is 5.43 Å². The summed E-state index contributed by atoms with van der Waals surface area (Å²) in [5.74, 6) is -1.26. The average molecular weight is 546 g/mol. The molecule has 0 bridgehead atoms. The maximum absolute atomic E-state index is 12.8. The quantitative estimate of drug-likeness (QED) is 0.136. The largest absolute Gasteiger partial charge is 0.457 e. The summed E-state index contributed by atoms with van der Waals surface area (Å²) in [6.07, 6.45) is 2.72. The zero-order valence-corrected chi connectivity index (χ0v) is 20.6. The van der Waals surface area contributed by atoms with Crippen LogP contribution in [0.4, 0.5) is 5.69 Å². The number of hydrazone groups is 1. The third-order valence-corrected chi connectivity index (χ3v) is 5.49. The number of halogens is 1. The first-order valence-corrected chi connectivity index (χ1v) is 11.6. The van der Waals surface area contributed by atoms with Gasteiger partial charge >= 0.3 is 5.97 Å². The predicted octanol–water partition coefficient (Wildman–Crippen LogP) is 5.59. The number of para-hydroxylation sites is 1. The van der Waals surface area contributed by atoms with Gasteiger partial charge in [-0.15, -0.1) is 0 Å². The van der Waals surface area contributed by atoms with Gasteiger partial charge in [-0.05, 0) is 61.5 Å². The Kier molecular flexibility index (Phi) is 7.72. The van der Waals surface area contributed by atoms with E-state index in [-0.39, 0.29) is 23.0 Å². The molecule has 36 heavy (non-hydrogen) atoms. The fourth-order valence-corrected chi connectivity index (χ4v) is 3.55. The second-order valence-corrected chi connectivity index (χ2v) is 8.53. The van der Waals surface area contributed by atoms with Crippen LogP contribution in [0.2, 0.25) is 0 Å². The minimum absolute atomic E-state index is 0.0541. The molecule has 0 atom stereocenters. The number of esters is 1. The fraction of sp³-hybridized carbons (Fsp3) is 0.0370. The molecule has 4 rings (SSSR count). The van der Waals surface area contributed by atoms with Crippen LogP contribution in [-0.2, 0) is 0 Å². The van der Waals surface area contributed by atoms with Crippen molar-refractivity contribution in [1.29, 1.82) is 0 Å². The number of furan rings is 1. The third kappa shape index (κ3) is 6.13. The van der Waals surface area contributed by atoms with E-state index >= 15 is 0 Å². The molecular weight excluding hydrogens is 526 g/mol. The van der Waals surface area contributed by atoms with E-state index in [4.69, 9.17) is 9.15 Å². The van der Waals surface area contributed by atoms with Crippen LogP contribution in [0.5, 0.6) is 5.75 Å². The Hall–Kier alpha value is -4.50. The van der Waals surface area contributed by atoms with Crippen LogP contribution in [0.25, 0.3) is 0 Å². The van der Waals surface area contributed by atoms with Crippen LogP contribution in [0, 0.1) is 6.92 Å². The molecule has 0 saturated carbocycles. The normalized spacial score (nSPS) is 10.7. The first-order valence-electron chi connectivity index (χ1n) is 10.8. The molecule has 0 aliphatic rings. The monoisotopic (exact) mass is 545 g/mol. The van der Waals surface area contributed by atoms with Gasteiger partial charge in [0, 0.05) is 15.6 Å². The van der Waals surface area contributed by atoms with Crippen LogP contribution in [0.15, 0.2) is 99.1 Å². The number of ether oxygens (including phenoxy) is 1. The van der Waals surface area contributed by atoms with Gasteiger partial charge in [0.1, 0.15) is 5.75 Å². The van der Waals surface area contributed by atoms with E-state index in [2.05, 4.69) is 31.8 Å². The van der Waals surface area contributed by atoms with Crippen molar-refractivity contribution in [2.45, 2.75) is 6.92 Å². The van der Waals surface area contributed by atoms with Gasteiger partial charge in [0.05, 0.1) is 23.7 Å². The molecule has 0 aliphatic carbocycles. The van der Waals surface area contributed by atoms with Crippen LogP contribution < -0.4 is 15.5 Å². The van der Waals surface area contributed by atoms with E-state index < -0.39 is 11.9 Å². The number of rotatable bonds is 7. The topological polar surface area (TPSA) is 110 Å². The Morgan fingerprint density at radius 3 is 2.47 bits per heavy atom. The Morgan fingerprint density at radius 1 is 0.944 bits per heavy atom. The summed E-state index contributed by atoms with van der Waals surface area (Å²) >= 11 is 3.37. The number of carbonyl (C=O) groups is 3.